The maximum absolute atomic E-state index is 10.5. The number of hydrogen-bond donors (Lipinski definition) is 0. The number of rotatable bonds is 2. The first-order chi connectivity index (χ1) is 6.32. The van der Waals surface area contributed by atoms with E-state index < -0.39 is 25.0 Å². The van der Waals surface area contributed by atoms with Crippen LogP contribution in [0, 0.1) is 10.1 Å². The Labute approximate surface area is 133 Å². The predicted molar refractivity (Wildman–Crippen MR) is 46.1 cm³/mol. The van der Waals surface area contributed by atoms with E-state index in [0.29, 0.717) is 0 Å². The van der Waals surface area contributed by atoms with Gasteiger partial charge in [0.15, 0.2) is 0 Å². The summed E-state index contributed by atoms with van der Waals surface area (Å²) in [5, 5.41) is 9.78. The molecule has 0 bridgehead atoms. The molecule has 9 heteroatoms. The number of nitro groups is 1. The van der Waals surface area contributed by atoms with Crippen LogP contribution in [0.5, 0.6) is 0 Å². The Morgan fingerprint density at radius 2 is 1.87 bits per heavy atom. The molecule has 0 spiro atoms. The third-order valence-electron chi connectivity index (χ3n) is 1.40. The van der Waals surface area contributed by atoms with Crippen LogP contribution in [-0.4, -0.2) is 17.9 Å². The van der Waals surface area contributed by atoms with Crippen LogP contribution >= 0.6 is 11.6 Å². The van der Waals surface area contributed by atoms with Gasteiger partial charge in [0.05, 0.1) is 14.8 Å². The van der Waals surface area contributed by atoms with Gasteiger partial charge in [-0.15, -0.1) is 0 Å². The fourth-order valence-corrected chi connectivity index (χ4v) is 1.80. The first-order valence-corrected chi connectivity index (χ1v) is 5.01. The molecule has 1 aromatic rings. The van der Waals surface area contributed by atoms with Crippen LogP contribution in [0.4, 0.5) is 5.69 Å². The maximum atomic E-state index is 10.5. The minimum Gasteiger partial charge on any atom is -0.744 e. The second kappa shape index (κ2) is 5.69. The number of nitrogens with zero attached hydrogens (tertiary/aromatic N) is 1. The van der Waals surface area contributed by atoms with Gasteiger partial charge in [-0.05, 0) is 6.07 Å². The largest absolute Gasteiger partial charge is 1.00 e. The van der Waals surface area contributed by atoms with Gasteiger partial charge in [-0.1, -0.05) is 11.6 Å². The van der Waals surface area contributed by atoms with Gasteiger partial charge in [-0.2, -0.15) is 0 Å². The van der Waals surface area contributed by atoms with Gasteiger partial charge >= 0.3 is 51.4 Å². The van der Waals surface area contributed by atoms with Gasteiger partial charge in [0.2, 0.25) is 0 Å². The zero-order chi connectivity index (χ0) is 10.9. The molecule has 0 aliphatic rings. The van der Waals surface area contributed by atoms with E-state index in [9.17, 15) is 23.1 Å². The van der Waals surface area contributed by atoms with Crippen molar-refractivity contribution in [1.29, 1.82) is 0 Å². The van der Waals surface area contributed by atoms with Crippen molar-refractivity contribution < 1.29 is 69.3 Å². The number of non-ortho nitro benzene ring substituents is 1. The van der Waals surface area contributed by atoms with Crippen LogP contribution in [0.15, 0.2) is 23.1 Å². The second-order valence-corrected chi connectivity index (χ2v) is 4.08. The molecule has 1 rings (SSSR count). The van der Waals surface area contributed by atoms with E-state index >= 15 is 0 Å². The van der Waals surface area contributed by atoms with Crippen molar-refractivity contribution in [3.05, 3.63) is 33.3 Å². The SMILES string of the molecule is O=[N+]([O-])c1ccc(S(=O)(=O)[O-])c(Cl)c1.[K+]. The Morgan fingerprint density at radius 3 is 2.20 bits per heavy atom. The third kappa shape index (κ3) is 4.08. The zero-order valence-electron chi connectivity index (χ0n) is 7.51. The van der Waals surface area contributed by atoms with Crippen LogP contribution < -0.4 is 51.4 Å². The van der Waals surface area contributed by atoms with Crippen molar-refractivity contribution in [3.63, 3.8) is 0 Å². The van der Waals surface area contributed by atoms with E-state index in [1.807, 2.05) is 0 Å². The first kappa shape index (κ1) is 15.5. The molecule has 0 aromatic heterocycles. The molecule has 0 atom stereocenters. The van der Waals surface area contributed by atoms with Gasteiger partial charge in [-0.3, -0.25) is 10.1 Å². The Hall–Kier alpha value is 0.456. The van der Waals surface area contributed by atoms with Crippen molar-refractivity contribution in [3.8, 4) is 0 Å². The van der Waals surface area contributed by atoms with E-state index in [1.165, 1.54) is 0 Å². The van der Waals surface area contributed by atoms with Crippen LogP contribution in [-0.2, 0) is 10.1 Å². The number of halogens is 1. The zero-order valence-corrected chi connectivity index (χ0v) is 12.2. The summed E-state index contributed by atoms with van der Waals surface area (Å²) in [6, 6.07) is 2.52. The summed E-state index contributed by atoms with van der Waals surface area (Å²) in [4.78, 5) is 8.83. The van der Waals surface area contributed by atoms with Crippen LogP contribution in [0.1, 0.15) is 0 Å². The Bertz CT molecular complexity index is 488. The minimum atomic E-state index is -4.68. The minimum absolute atomic E-state index is 0. The topological polar surface area (TPSA) is 100 Å². The molecule has 15 heavy (non-hydrogen) atoms. The van der Waals surface area contributed by atoms with E-state index in [1.54, 1.807) is 0 Å². The molecular weight excluding hydrogens is 273 g/mol. The second-order valence-electron chi connectivity index (χ2n) is 2.33. The molecule has 0 aliphatic carbocycles. The summed E-state index contributed by atoms with van der Waals surface area (Å²) in [6.45, 7) is 0. The predicted octanol–water partition coefficient (Wildman–Crippen LogP) is -1.84. The van der Waals surface area contributed by atoms with Crippen molar-refractivity contribution in [2.24, 2.45) is 0 Å². The summed E-state index contributed by atoms with van der Waals surface area (Å²) in [6.07, 6.45) is 0. The average molecular weight is 276 g/mol. The monoisotopic (exact) mass is 275 g/mol. The smallest absolute Gasteiger partial charge is 0.744 e. The number of benzene rings is 1. The van der Waals surface area contributed by atoms with Crippen LogP contribution in [0.3, 0.4) is 0 Å². The normalized spacial score (nSPS) is 10.5. The molecule has 0 unspecified atom stereocenters. The van der Waals surface area contributed by atoms with Crippen LogP contribution in [0.2, 0.25) is 5.02 Å². The molecule has 0 amide bonds. The Kier molecular flexibility index (Phi) is 5.86. The molecule has 0 saturated heterocycles. The average Bonchev–Trinajstić information content (AvgIpc) is 2.01. The number of hydrogen-bond acceptors (Lipinski definition) is 5. The fraction of sp³-hybridized carbons (Fsp3) is 0. The third-order valence-corrected chi connectivity index (χ3v) is 2.72. The molecule has 76 valence electrons. The Morgan fingerprint density at radius 1 is 1.33 bits per heavy atom. The van der Waals surface area contributed by atoms with Gasteiger partial charge in [0.25, 0.3) is 5.69 Å². The van der Waals surface area contributed by atoms with Gasteiger partial charge in [0, 0.05) is 12.1 Å². The summed E-state index contributed by atoms with van der Waals surface area (Å²) < 4.78 is 31.6. The standard InChI is InChI=1S/C6H4ClNO5S.K/c7-5-3-4(8(9)10)1-2-6(5)14(11,12)13;/h1-3H,(H,11,12,13);/q;+1/p-1. The van der Waals surface area contributed by atoms with Gasteiger partial charge < -0.3 is 4.55 Å². The molecule has 0 radical (unpaired) electrons. The van der Waals surface area contributed by atoms with Crippen molar-refractivity contribution >= 4 is 27.4 Å². The molecule has 0 N–H and O–H groups in total. The molecule has 0 heterocycles. The summed E-state index contributed by atoms with van der Waals surface area (Å²) in [5.41, 5.74) is -0.373. The first-order valence-electron chi connectivity index (χ1n) is 3.22. The van der Waals surface area contributed by atoms with Crippen LogP contribution in [0.25, 0.3) is 0 Å². The number of nitro benzene ring substituents is 1. The molecular formula is C6H3ClKNO5S. The molecule has 0 fully saturated rings. The summed E-state index contributed by atoms with van der Waals surface area (Å²) >= 11 is 5.37. The fourth-order valence-electron chi connectivity index (χ4n) is 0.806. The van der Waals surface area contributed by atoms with Gasteiger partial charge in [-0.25, -0.2) is 8.42 Å². The quantitative estimate of drug-likeness (QED) is 0.273. The van der Waals surface area contributed by atoms with Crippen molar-refractivity contribution in [2.45, 2.75) is 4.90 Å². The van der Waals surface area contributed by atoms with E-state index in [-0.39, 0.29) is 57.1 Å². The summed E-state index contributed by atoms with van der Waals surface area (Å²) in [5.74, 6) is 0. The van der Waals surface area contributed by atoms with Gasteiger partial charge in [0.1, 0.15) is 10.1 Å². The van der Waals surface area contributed by atoms with Crippen molar-refractivity contribution in [1.82, 2.24) is 0 Å². The van der Waals surface area contributed by atoms with E-state index in [4.69, 9.17) is 11.6 Å². The van der Waals surface area contributed by atoms with E-state index in [0.717, 1.165) is 18.2 Å². The molecule has 0 aliphatic heterocycles. The Balaban J connectivity index is 0.00000196. The maximum Gasteiger partial charge on any atom is 1.00 e. The van der Waals surface area contributed by atoms with E-state index in [2.05, 4.69) is 0 Å². The molecule has 0 saturated carbocycles. The summed E-state index contributed by atoms with van der Waals surface area (Å²) in [7, 11) is -4.68. The van der Waals surface area contributed by atoms with Crippen molar-refractivity contribution in [2.75, 3.05) is 0 Å². The molecule has 1 aromatic carbocycles. The molecule has 6 nitrogen and oxygen atoms in total.